The molecule has 2 aliphatic rings. The van der Waals surface area contributed by atoms with Crippen molar-refractivity contribution in [3.8, 4) is 0 Å². The molecule has 1 unspecified atom stereocenters. The van der Waals surface area contributed by atoms with Crippen molar-refractivity contribution >= 4 is 64.0 Å². The summed E-state index contributed by atoms with van der Waals surface area (Å²) in [6, 6.07) is 12.2. The molecule has 2 aliphatic heterocycles. The van der Waals surface area contributed by atoms with Crippen LogP contribution in [-0.2, 0) is 11.0 Å². The lowest BCUT2D eigenvalue weighted by Gasteiger charge is -2.44. The van der Waals surface area contributed by atoms with Crippen molar-refractivity contribution in [1.82, 2.24) is 9.91 Å². The second-order valence-electron chi connectivity index (χ2n) is 8.59. The Morgan fingerprint density at radius 3 is 2.19 bits per heavy atom. The SMILES string of the molecule is CN1C(=O)C(=NC(N(c2ccccc2)N2CCCCC2)C(Cl)(Cl)Cl)N(c2cccc(C(F)(F)F)c2)C1=O. The number of hydrogen-bond donors (Lipinski definition) is 0. The van der Waals surface area contributed by atoms with Crippen LogP contribution in [0.3, 0.4) is 0 Å². The van der Waals surface area contributed by atoms with E-state index in [-0.39, 0.29) is 5.69 Å². The zero-order chi connectivity index (χ0) is 27.0. The van der Waals surface area contributed by atoms with Crippen molar-refractivity contribution in [3.05, 3.63) is 60.2 Å². The number of aliphatic imine (C=N–C) groups is 1. The lowest BCUT2D eigenvalue weighted by Crippen LogP contribution is -2.55. The van der Waals surface area contributed by atoms with Gasteiger partial charge in [0.05, 0.1) is 16.9 Å². The number of amidine groups is 1. The van der Waals surface area contributed by atoms with E-state index >= 15 is 0 Å². The summed E-state index contributed by atoms with van der Waals surface area (Å²) >= 11 is 19.3. The molecule has 3 amide bonds. The van der Waals surface area contributed by atoms with Crippen LogP contribution in [0, 0.1) is 0 Å². The molecule has 0 radical (unpaired) electrons. The molecule has 1 atom stereocenters. The van der Waals surface area contributed by atoms with Gasteiger partial charge < -0.3 is 0 Å². The maximum atomic E-state index is 13.4. The number of halogens is 6. The molecule has 0 bridgehead atoms. The number of carbonyl (C=O) groups excluding carboxylic acids is 2. The molecule has 0 aromatic heterocycles. The number of benzene rings is 2. The van der Waals surface area contributed by atoms with Crippen LogP contribution in [-0.4, -0.2) is 57.8 Å². The molecular weight excluding hydrogens is 554 g/mol. The van der Waals surface area contributed by atoms with E-state index in [2.05, 4.69) is 4.99 Å². The van der Waals surface area contributed by atoms with Gasteiger partial charge in [-0.2, -0.15) is 13.2 Å². The zero-order valence-electron chi connectivity index (χ0n) is 19.6. The molecule has 2 aromatic rings. The first-order valence-corrected chi connectivity index (χ1v) is 12.6. The maximum Gasteiger partial charge on any atom is 0.416 e. The van der Waals surface area contributed by atoms with Gasteiger partial charge in [-0.15, -0.1) is 0 Å². The van der Waals surface area contributed by atoms with Gasteiger partial charge in [0.15, 0.2) is 6.17 Å². The van der Waals surface area contributed by atoms with E-state index in [9.17, 15) is 22.8 Å². The molecule has 0 spiro atoms. The van der Waals surface area contributed by atoms with Crippen molar-refractivity contribution in [2.24, 2.45) is 4.99 Å². The number of hydrazine groups is 1. The minimum Gasteiger partial charge on any atom is -0.277 e. The highest BCUT2D eigenvalue weighted by Gasteiger charge is 2.47. The van der Waals surface area contributed by atoms with Crippen LogP contribution in [0.1, 0.15) is 24.8 Å². The third-order valence-electron chi connectivity index (χ3n) is 6.04. The average molecular weight is 577 g/mol. The van der Waals surface area contributed by atoms with E-state index in [1.54, 1.807) is 29.3 Å². The van der Waals surface area contributed by atoms with Gasteiger partial charge in [0.2, 0.25) is 9.63 Å². The second kappa shape index (κ2) is 10.7. The standard InChI is InChI=1S/C24H23Cl3F3N5O2/c1-32-20(36)19(34(22(32)37)18-12-8-9-16(15-18)24(28,29)30)31-21(23(25,26)27)35(17-10-4-2-5-11-17)33-13-6-3-7-14-33/h2,4-5,8-12,15,21H,3,6-7,13-14H2,1H3. The largest absolute Gasteiger partial charge is 0.416 e. The molecule has 0 aliphatic carbocycles. The number of para-hydroxylation sites is 1. The van der Waals surface area contributed by atoms with Crippen molar-refractivity contribution in [2.45, 2.75) is 35.4 Å². The number of imide groups is 1. The fourth-order valence-corrected chi connectivity index (χ4v) is 4.68. The van der Waals surface area contributed by atoms with Gasteiger partial charge in [0, 0.05) is 20.1 Å². The third-order valence-corrected chi connectivity index (χ3v) is 6.63. The van der Waals surface area contributed by atoms with Crippen LogP contribution >= 0.6 is 34.8 Å². The summed E-state index contributed by atoms with van der Waals surface area (Å²) in [5.41, 5.74) is -0.555. The molecule has 2 fully saturated rings. The highest BCUT2D eigenvalue weighted by Crippen LogP contribution is 2.39. The Kier molecular flexibility index (Phi) is 7.94. The molecule has 7 nitrogen and oxygen atoms in total. The first kappa shape index (κ1) is 27.5. The average Bonchev–Trinajstić information content (AvgIpc) is 3.07. The van der Waals surface area contributed by atoms with E-state index < -0.39 is 39.5 Å². The van der Waals surface area contributed by atoms with Gasteiger partial charge in [0.25, 0.3) is 5.91 Å². The molecule has 2 aromatic carbocycles. The lowest BCUT2D eigenvalue weighted by atomic mass is 10.1. The van der Waals surface area contributed by atoms with Gasteiger partial charge in [0.1, 0.15) is 0 Å². The Labute approximate surface area is 226 Å². The summed E-state index contributed by atoms with van der Waals surface area (Å²) in [6.45, 7) is 1.25. The van der Waals surface area contributed by atoms with Gasteiger partial charge in [-0.3, -0.25) is 14.7 Å². The van der Waals surface area contributed by atoms with Gasteiger partial charge in [-0.05, 0) is 43.2 Å². The molecule has 13 heteroatoms. The fourth-order valence-electron chi connectivity index (χ4n) is 4.26. The number of alkyl halides is 6. The highest BCUT2D eigenvalue weighted by molar-refractivity contribution is 6.68. The Morgan fingerprint density at radius 1 is 0.946 bits per heavy atom. The Balaban J connectivity index is 1.86. The Bertz CT molecular complexity index is 1180. The summed E-state index contributed by atoms with van der Waals surface area (Å²) in [7, 11) is 1.21. The summed E-state index contributed by atoms with van der Waals surface area (Å²) in [5.74, 6) is -1.30. The number of hydrogen-bond acceptors (Lipinski definition) is 5. The van der Waals surface area contributed by atoms with Crippen molar-refractivity contribution in [2.75, 3.05) is 30.0 Å². The molecule has 2 saturated heterocycles. The van der Waals surface area contributed by atoms with E-state index in [1.807, 2.05) is 11.1 Å². The van der Waals surface area contributed by atoms with Crippen LogP contribution in [0.4, 0.5) is 29.3 Å². The monoisotopic (exact) mass is 575 g/mol. The Hall–Kier alpha value is -2.53. The smallest absolute Gasteiger partial charge is 0.277 e. The van der Waals surface area contributed by atoms with Crippen LogP contribution in [0.15, 0.2) is 59.6 Å². The first-order chi connectivity index (χ1) is 17.4. The van der Waals surface area contributed by atoms with Crippen LogP contribution in [0.25, 0.3) is 0 Å². The molecule has 2 heterocycles. The van der Waals surface area contributed by atoms with Crippen molar-refractivity contribution < 1.29 is 22.8 Å². The van der Waals surface area contributed by atoms with E-state index in [0.29, 0.717) is 18.8 Å². The number of piperidine rings is 1. The van der Waals surface area contributed by atoms with Gasteiger partial charge in [-0.25, -0.2) is 19.7 Å². The molecular formula is C24H23Cl3F3N5O2. The first-order valence-electron chi connectivity index (χ1n) is 11.4. The van der Waals surface area contributed by atoms with E-state index in [0.717, 1.165) is 47.3 Å². The second-order valence-corrected chi connectivity index (χ2v) is 11.0. The minimum absolute atomic E-state index is 0.191. The van der Waals surface area contributed by atoms with Crippen molar-refractivity contribution in [3.63, 3.8) is 0 Å². The number of nitrogens with zero attached hydrogens (tertiary/aromatic N) is 5. The summed E-state index contributed by atoms with van der Waals surface area (Å²) in [6.07, 6.45) is -3.21. The van der Waals surface area contributed by atoms with Crippen LogP contribution in [0.2, 0.25) is 0 Å². The molecule has 37 heavy (non-hydrogen) atoms. The van der Waals surface area contributed by atoms with Gasteiger partial charge >= 0.3 is 12.2 Å². The fraction of sp³-hybridized carbons (Fsp3) is 0.375. The molecule has 0 saturated carbocycles. The minimum atomic E-state index is -4.66. The quantitative estimate of drug-likeness (QED) is 0.319. The zero-order valence-corrected chi connectivity index (χ0v) is 21.9. The number of carbonyl (C=O) groups is 2. The van der Waals surface area contributed by atoms with E-state index in [1.165, 1.54) is 13.1 Å². The lowest BCUT2D eigenvalue weighted by molar-refractivity contribution is -0.137. The number of anilines is 2. The molecule has 0 N–H and O–H groups in total. The predicted molar refractivity (Wildman–Crippen MR) is 138 cm³/mol. The van der Waals surface area contributed by atoms with Crippen LogP contribution in [0.5, 0.6) is 0 Å². The summed E-state index contributed by atoms with van der Waals surface area (Å²) < 4.78 is 38.1. The normalized spacial score (nSPS) is 19.6. The molecule has 198 valence electrons. The summed E-state index contributed by atoms with van der Waals surface area (Å²) in [5, 5.41) is 3.62. The maximum absolute atomic E-state index is 13.4. The number of amides is 3. The number of rotatable bonds is 5. The number of urea groups is 1. The van der Waals surface area contributed by atoms with Crippen LogP contribution < -0.4 is 9.91 Å². The summed E-state index contributed by atoms with van der Waals surface area (Å²) in [4.78, 5) is 32.2. The highest BCUT2D eigenvalue weighted by atomic mass is 35.6. The van der Waals surface area contributed by atoms with Gasteiger partial charge in [-0.1, -0.05) is 65.5 Å². The molecule has 4 rings (SSSR count). The Morgan fingerprint density at radius 2 is 1.59 bits per heavy atom. The van der Waals surface area contributed by atoms with Crippen molar-refractivity contribution in [1.29, 1.82) is 0 Å². The third kappa shape index (κ3) is 5.82. The number of likely N-dealkylation sites (N-methyl/N-ethyl adjacent to an activating group) is 1. The topological polar surface area (TPSA) is 59.5 Å². The van der Waals surface area contributed by atoms with E-state index in [4.69, 9.17) is 34.8 Å². The predicted octanol–water partition coefficient (Wildman–Crippen LogP) is 6.11.